The fourth-order valence-corrected chi connectivity index (χ4v) is 3.44. The van der Waals surface area contributed by atoms with Crippen LogP contribution in [0.1, 0.15) is 27.0 Å². The Balaban J connectivity index is 1.46. The highest BCUT2D eigenvalue weighted by Gasteiger charge is 2.29. The highest BCUT2D eigenvalue weighted by atomic mass is 16.5. The van der Waals surface area contributed by atoms with Crippen LogP contribution in [-0.4, -0.2) is 18.9 Å². The van der Waals surface area contributed by atoms with Gasteiger partial charge in [-0.25, -0.2) is 0 Å². The summed E-state index contributed by atoms with van der Waals surface area (Å²) in [6.45, 7) is 1.80. The number of methoxy groups -OCH3 is 1. The van der Waals surface area contributed by atoms with E-state index in [1.54, 1.807) is 50.5 Å². The summed E-state index contributed by atoms with van der Waals surface area (Å²) in [4.78, 5) is 25.1. The zero-order valence-electron chi connectivity index (χ0n) is 17.8. The van der Waals surface area contributed by atoms with Gasteiger partial charge >= 0.3 is 5.97 Å². The third kappa shape index (κ3) is 4.78. The topological polar surface area (TPSA) is 61.8 Å². The molecule has 5 heteroatoms. The molecule has 3 aromatic rings. The number of aryl methyl sites for hydroxylation is 1. The SMILES string of the molecule is COc1ccc(CC(=O)Oc2cc(C)c3c(c2)O/C(=C\C=C\c2ccccc2)C3=O)cc1. The number of carbonyl (C=O) groups is 2. The molecule has 1 aliphatic heterocycles. The smallest absolute Gasteiger partial charge is 0.315 e. The van der Waals surface area contributed by atoms with Crippen molar-refractivity contribution in [2.75, 3.05) is 7.11 Å². The molecule has 0 amide bonds. The first-order valence-corrected chi connectivity index (χ1v) is 10.2. The average molecular weight is 426 g/mol. The molecule has 0 aliphatic carbocycles. The molecule has 3 aromatic carbocycles. The standard InChI is InChI=1S/C27H22O5/c1-18-15-22(31-25(28)16-20-11-13-21(30-2)14-12-20)17-24-26(18)27(29)23(32-24)10-6-9-19-7-4-3-5-8-19/h3-15,17H,16H2,1-2H3/b9-6+,23-10-. The second-order valence-corrected chi connectivity index (χ2v) is 7.34. The summed E-state index contributed by atoms with van der Waals surface area (Å²) in [6, 6.07) is 20.2. The molecule has 0 saturated heterocycles. The van der Waals surface area contributed by atoms with Crippen LogP contribution in [0.25, 0.3) is 6.08 Å². The largest absolute Gasteiger partial charge is 0.497 e. The van der Waals surface area contributed by atoms with Crippen molar-refractivity contribution in [1.29, 1.82) is 0 Å². The molecule has 0 fully saturated rings. The summed E-state index contributed by atoms with van der Waals surface area (Å²) in [5.74, 6) is 1.10. The van der Waals surface area contributed by atoms with Gasteiger partial charge < -0.3 is 14.2 Å². The van der Waals surface area contributed by atoms with Gasteiger partial charge in [-0.1, -0.05) is 54.6 Å². The monoisotopic (exact) mass is 426 g/mol. The van der Waals surface area contributed by atoms with Crippen LogP contribution in [-0.2, 0) is 11.2 Å². The molecule has 0 spiro atoms. The first kappa shape index (κ1) is 21.1. The molecule has 0 N–H and O–H groups in total. The lowest BCUT2D eigenvalue weighted by Crippen LogP contribution is -2.11. The van der Waals surface area contributed by atoms with Crippen LogP contribution in [0, 0.1) is 6.92 Å². The predicted molar refractivity (Wildman–Crippen MR) is 122 cm³/mol. The summed E-state index contributed by atoms with van der Waals surface area (Å²) in [5.41, 5.74) is 3.01. The van der Waals surface area contributed by atoms with E-state index in [-0.39, 0.29) is 18.0 Å². The van der Waals surface area contributed by atoms with Crippen molar-refractivity contribution < 1.29 is 23.8 Å². The van der Waals surface area contributed by atoms with Gasteiger partial charge in [-0.2, -0.15) is 0 Å². The van der Waals surface area contributed by atoms with Crippen molar-refractivity contribution in [3.63, 3.8) is 0 Å². The second kappa shape index (κ2) is 9.35. The maximum atomic E-state index is 12.7. The molecule has 4 rings (SSSR count). The van der Waals surface area contributed by atoms with Gasteiger partial charge in [0.1, 0.15) is 17.2 Å². The Morgan fingerprint density at radius 2 is 1.75 bits per heavy atom. The summed E-state index contributed by atoms with van der Waals surface area (Å²) in [6.07, 6.45) is 5.44. The average Bonchev–Trinajstić information content (AvgIpc) is 3.10. The van der Waals surface area contributed by atoms with Crippen molar-refractivity contribution in [3.8, 4) is 17.2 Å². The first-order valence-electron chi connectivity index (χ1n) is 10.2. The summed E-state index contributed by atoms with van der Waals surface area (Å²) in [7, 11) is 1.59. The fourth-order valence-electron chi connectivity index (χ4n) is 3.44. The van der Waals surface area contributed by atoms with Crippen molar-refractivity contribution >= 4 is 17.8 Å². The van der Waals surface area contributed by atoms with E-state index in [1.807, 2.05) is 48.5 Å². The van der Waals surface area contributed by atoms with E-state index in [9.17, 15) is 9.59 Å². The number of allylic oxidation sites excluding steroid dienone is 3. The van der Waals surface area contributed by atoms with Crippen LogP contribution >= 0.6 is 0 Å². The normalized spacial score (nSPS) is 13.8. The van der Waals surface area contributed by atoms with Crippen LogP contribution in [0.4, 0.5) is 0 Å². The molecule has 0 saturated carbocycles. The quantitative estimate of drug-likeness (QED) is 0.303. The van der Waals surface area contributed by atoms with Gasteiger partial charge in [-0.05, 0) is 47.9 Å². The minimum absolute atomic E-state index is 0.120. The molecular weight excluding hydrogens is 404 g/mol. The molecule has 1 heterocycles. The first-order chi connectivity index (χ1) is 15.5. The molecule has 0 unspecified atom stereocenters. The molecular formula is C27H22O5. The van der Waals surface area contributed by atoms with E-state index < -0.39 is 5.97 Å². The van der Waals surface area contributed by atoms with Crippen molar-refractivity contribution in [3.05, 3.63) is 107 Å². The number of Topliss-reactive ketones (excluding diaryl/α,β-unsaturated/α-hetero) is 1. The number of ether oxygens (including phenoxy) is 3. The minimum atomic E-state index is -0.402. The lowest BCUT2D eigenvalue weighted by atomic mass is 10.0. The molecule has 160 valence electrons. The molecule has 0 atom stereocenters. The Bertz CT molecular complexity index is 1200. The summed E-state index contributed by atoms with van der Waals surface area (Å²) < 4.78 is 16.4. The Morgan fingerprint density at radius 1 is 1.00 bits per heavy atom. The number of hydrogen-bond acceptors (Lipinski definition) is 5. The highest BCUT2D eigenvalue weighted by molar-refractivity contribution is 6.13. The fraction of sp³-hybridized carbons (Fsp3) is 0.111. The van der Waals surface area contributed by atoms with Crippen LogP contribution in [0.15, 0.2) is 84.6 Å². The second-order valence-electron chi connectivity index (χ2n) is 7.34. The zero-order valence-corrected chi connectivity index (χ0v) is 17.8. The van der Waals surface area contributed by atoms with Crippen molar-refractivity contribution in [1.82, 2.24) is 0 Å². The summed E-state index contributed by atoms with van der Waals surface area (Å²) >= 11 is 0. The Morgan fingerprint density at radius 3 is 2.47 bits per heavy atom. The number of esters is 1. The maximum absolute atomic E-state index is 12.7. The molecule has 32 heavy (non-hydrogen) atoms. The Kier molecular flexibility index (Phi) is 6.17. The van der Waals surface area contributed by atoms with E-state index in [2.05, 4.69) is 0 Å². The van der Waals surface area contributed by atoms with Gasteiger partial charge in [0.25, 0.3) is 0 Å². The van der Waals surface area contributed by atoms with Crippen molar-refractivity contribution in [2.45, 2.75) is 13.3 Å². The molecule has 1 aliphatic rings. The lowest BCUT2D eigenvalue weighted by molar-refractivity contribution is -0.133. The number of carbonyl (C=O) groups excluding carboxylic acids is 2. The lowest BCUT2D eigenvalue weighted by Gasteiger charge is -2.08. The zero-order chi connectivity index (χ0) is 22.5. The van der Waals surface area contributed by atoms with E-state index in [1.165, 1.54) is 0 Å². The summed E-state index contributed by atoms with van der Waals surface area (Å²) in [5, 5.41) is 0. The van der Waals surface area contributed by atoms with Crippen LogP contribution < -0.4 is 14.2 Å². The van der Waals surface area contributed by atoms with Gasteiger partial charge in [-0.3, -0.25) is 9.59 Å². The maximum Gasteiger partial charge on any atom is 0.315 e. The van der Waals surface area contributed by atoms with Gasteiger partial charge in [0.2, 0.25) is 5.78 Å². The van der Waals surface area contributed by atoms with Gasteiger partial charge in [0, 0.05) is 6.07 Å². The molecule has 0 bridgehead atoms. The van der Waals surface area contributed by atoms with Gasteiger partial charge in [0.15, 0.2) is 5.76 Å². The predicted octanol–water partition coefficient (Wildman–Crippen LogP) is 5.32. The highest BCUT2D eigenvalue weighted by Crippen LogP contribution is 2.37. The number of hydrogen-bond donors (Lipinski definition) is 0. The number of rotatable bonds is 6. The van der Waals surface area contributed by atoms with E-state index in [0.717, 1.165) is 16.9 Å². The number of benzene rings is 3. The van der Waals surface area contributed by atoms with Gasteiger partial charge in [0.05, 0.1) is 19.1 Å². The third-order valence-electron chi connectivity index (χ3n) is 5.02. The van der Waals surface area contributed by atoms with Crippen LogP contribution in [0.3, 0.4) is 0 Å². The number of ketones is 1. The van der Waals surface area contributed by atoms with E-state index >= 15 is 0 Å². The molecule has 0 aromatic heterocycles. The van der Waals surface area contributed by atoms with E-state index in [0.29, 0.717) is 22.6 Å². The van der Waals surface area contributed by atoms with Crippen LogP contribution in [0.2, 0.25) is 0 Å². The Labute approximate surface area is 186 Å². The molecule has 0 radical (unpaired) electrons. The number of fused-ring (bicyclic) bond motifs is 1. The Hall–Kier alpha value is -4.12. The van der Waals surface area contributed by atoms with Crippen LogP contribution in [0.5, 0.6) is 17.2 Å². The van der Waals surface area contributed by atoms with Gasteiger partial charge in [-0.15, -0.1) is 0 Å². The molecule has 5 nitrogen and oxygen atoms in total. The van der Waals surface area contributed by atoms with Crippen molar-refractivity contribution in [2.24, 2.45) is 0 Å². The van der Waals surface area contributed by atoms with E-state index in [4.69, 9.17) is 14.2 Å². The third-order valence-corrected chi connectivity index (χ3v) is 5.02. The minimum Gasteiger partial charge on any atom is -0.497 e.